The number of nitrogens with one attached hydrogen (secondary N) is 1. The highest BCUT2D eigenvalue weighted by molar-refractivity contribution is 14.0. The Morgan fingerprint density at radius 1 is 1.38 bits per heavy atom. The quantitative estimate of drug-likeness (QED) is 0.372. The van der Waals surface area contributed by atoms with E-state index < -0.39 is 0 Å². The number of likely N-dealkylation sites (tertiary alicyclic amines) is 1. The first kappa shape index (κ1) is 23.6. The van der Waals surface area contributed by atoms with Gasteiger partial charge in [0.25, 0.3) is 0 Å². The SMILES string of the molecule is CCN(CC)CC1CCN(C(=NC)NCc2nc(C(C)(C)C)cs2)C1.I. The largest absolute Gasteiger partial charge is 0.350 e. The lowest BCUT2D eigenvalue weighted by Crippen LogP contribution is -2.40. The van der Waals surface area contributed by atoms with Crippen LogP contribution in [0.5, 0.6) is 0 Å². The first-order valence-corrected chi connectivity index (χ1v) is 10.4. The summed E-state index contributed by atoms with van der Waals surface area (Å²) in [6, 6.07) is 0. The van der Waals surface area contributed by atoms with E-state index in [1.807, 2.05) is 7.05 Å². The number of guanidine groups is 1. The molecule has 5 nitrogen and oxygen atoms in total. The van der Waals surface area contributed by atoms with Gasteiger partial charge in [-0.3, -0.25) is 4.99 Å². The van der Waals surface area contributed by atoms with Crippen molar-refractivity contribution in [2.75, 3.05) is 39.8 Å². The number of aromatic nitrogens is 1. The maximum Gasteiger partial charge on any atom is 0.194 e. The Kier molecular flexibility index (Phi) is 9.82. The van der Waals surface area contributed by atoms with E-state index in [4.69, 9.17) is 4.98 Å². The van der Waals surface area contributed by atoms with Gasteiger partial charge in [-0.25, -0.2) is 4.98 Å². The molecule has 0 bridgehead atoms. The van der Waals surface area contributed by atoms with Crippen molar-refractivity contribution in [2.45, 2.75) is 53.0 Å². The van der Waals surface area contributed by atoms with Crippen LogP contribution >= 0.6 is 35.3 Å². The van der Waals surface area contributed by atoms with Gasteiger partial charge in [0.05, 0.1) is 12.2 Å². The molecule has 0 saturated carbocycles. The highest BCUT2D eigenvalue weighted by atomic mass is 127. The van der Waals surface area contributed by atoms with Gasteiger partial charge in [0.1, 0.15) is 5.01 Å². The molecule has 2 heterocycles. The fourth-order valence-corrected chi connectivity index (χ4v) is 4.20. The number of aliphatic imine (C=N–C) groups is 1. The van der Waals surface area contributed by atoms with E-state index in [0.717, 1.165) is 49.6 Å². The van der Waals surface area contributed by atoms with E-state index in [0.29, 0.717) is 0 Å². The van der Waals surface area contributed by atoms with Crippen LogP contribution < -0.4 is 5.32 Å². The highest BCUT2D eigenvalue weighted by Gasteiger charge is 2.26. The Morgan fingerprint density at radius 2 is 2.08 bits per heavy atom. The van der Waals surface area contributed by atoms with Gasteiger partial charge in [0.15, 0.2) is 5.96 Å². The molecule has 150 valence electrons. The third-order valence-corrected chi connectivity index (χ3v) is 5.77. The molecule has 1 fully saturated rings. The van der Waals surface area contributed by atoms with Crippen LogP contribution in [0.1, 0.15) is 51.7 Å². The number of rotatable bonds is 6. The topological polar surface area (TPSA) is 43.8 Å². The lowest BCUT2D eigenvalue weighted by Gasteiger charge is -2.24. The summed E-state index contributed by atoms with van der Waals surface area (Å²) in [5, 5.41) is 6.81. The summed E-state index contributed by atoms with van der Waals surface area (Å²) in [7, 11) is 1.88. The van der Waals surface area contributed by atoms with Gasteiger partial charge in [0, 0.05) is 37.5 Å². The Bertz CT molecular complexity index is 563. The van der Waals surface area contributed by atoms with Crippen molar-refractivity contribution in [2.24, 2.45) is 10.9 Å². The van der Waals surface area contributed by atoms with Crippen LogP contribution in [0.4, 0.5) is 0 Å². The van der Waals surface area contributed by atoms with E-state index in [2.05, 4.69) is 60.1 Å². The highest BCUT2D eigenvalue weighted by Crippen LogP contribution is 2.24. The van der Waals surface area contributed by atoms with Gasteiger partial charge in [-0.05, 0) is 25.4 Å². The first-order chi connectivity index (χ1) is 11.9. The van der Waals surface area contributed by atoms with Gasteiger partial charge in [-0.15, -0.1) is 35.3 Å². The normalized spacial score (nSPS) is 18.3. The average Bonchev–Trinajstić information content (AvgIpc) is 3.22. The zero-order valence-corrected chi connectivity index (χ0v) is 20.4. The lowest BCUT2D eigenvalue weighted by atomic mass is 9.93. The van der Waals surface area contributed by atoms with E-state index in [-0.39, 0.29) is 29.4 Å². The first-order valence-electron chi connectivity index (χ1n) is 9.50. The van der Waals surface area contributed by atoms with Crippen LogP contribution in [0.25, 0.3) is 0 Å². The summed E-state index contributed by atoms with van der Waals surface area (Å²) in [4.78, 5) is 14.2. The monoisotopic (exact) mass is 493 g/mol. The van der Waals surface area contributed by atoms with E-state index >= 15 is 0 Å². The van der Waals surface area contributed by atoms with Crippen LogP contribution in [0, 0.1) is 5.92 Å². The van der Waals surface area contributed by atoms with E-state index in [9.17, 15) is 0 Å². The standard InChI is InChI=1S/C19H35N5S.HI/c1-7-23(8-2)12-15-9-10-24(13-15)18(20-6)21-11-17-22-16(14-25-17)19(3,4)5;/h14-15H,7-13H2,1-6H3,(H,20,21);1H. The van der Waals surface area contributed by atoms with E-state index in [1.54, 1.807) is 11.3 Å². The summed E-state index contributed by atoms with van der Waals surface area (Å²) in [6.07, 6.45) is 1.25. The van der Waals surface area contributed by atoms with Gasteiger partial charge < -0.3 is 15.1 Å². The summed E-state index contributed by atoms with van der Waals surface area (Å²) in [5.41, 5.74) is 1.29. The minimum atomic E-state index is 0. The van der Waals surface area contributed by atoms with Gasteiger partial charge >= 0.3 is 0 Å². The second-order valence-corrected chi connectivity index (χ2v) is 8.81. The smallest absolute Gasteiger partial charge is 0.194 e. The summed E-state index contributed by atoms with van der Waals surface area (Å²) in [5.74, 6) is 1.75. The van der Waals surface area contributed by atoms with Crippen LogP contribution in [-0.2, 0) is 12.0 Å². The Labute approximate surface area is 180 Å². The molecule has 0 spiro atoms. The number of halogens is 1. The molecule has 1 unspecified atom stereocenters. The second-order valence-electron chi connectivity index (χ2n) is 7.86. The maximum atomic E-state index is 4.77. The van der Waals surface area contributed by atoms with Crippen molar-refractivity contribution < 1.29 is 0 Å². The van der Waals surface area contributed by atoms with E-state index in [1.165, 1.54) is 18.7 Å². The Balaban J connectivity index is 0.00000338. The minimum Gasteiger partial charge on any atom is -0.350 e. The molecule has 0 amide bonds. The number of hydrogen-bond acceptors (Lipinski definition) is 4. The van der Waals surface area contributed by atoms with Crippen molar-refractivity contribution >= 4 is 41.3 Å². The summed E-state index contributed by atoms with van der Waals surface area (Å²) >= 11 is 1.73. The fraction of sp³-hybridized carbons (Fsp3) is 0.789. The number of thiazole rings is 1. The van der Waals surface area contributed by atoms with Gasteiger partial charge in [0.2, 0.25) is 0 Å². The molecule has 0 aliphatic carbocycles. The molecule has 0 radical (unpaired) electrons. The average molecular weight is 494 g/mol. The molecule has 1 N–H and O–H groups in total. The molecule has 26 heavy (non-hydrogen) atoms. The molecule has 2 rings (SSSR count). The molecule has 1 aromatic heterocycles. The van der Waals surface area contributed by atoms with Crippen LogP contribution in [0.3, 0.4) is 0 Å². The van der Waals surface area contributed by atoms with Crippen molar-refractivity contribution in [3.63, 3.8) is 0 Å². The molecule has 1 aromatic rings. The minimum absolute atomic E-state index is 0. The zero-order chi connectivity index (χ0) is 18.4. The summed E-state index contributed by atoms with van der Waals surface area (Å²) < 4.78 is 0. The molecule has 1 aliphatic heterocycles. The van der Waals surface area contributed by atoms with Gasteiger partial charge in [-0.1, -0.05) is 34.6 Å². The molecule has 1 saturated heterocycles. The molecule has 7 heteroatoms. The number of hydrogen-bond donors (Lipinski definition) is 1. The van der Waals surface area contributed by atoms with Crippen LogP contribution in [0.2, 0.25) is 0 Å². The molecular formula is C19H36IN5S. The molecule has 0 aromatic carbocycles. The van der Waals surface area contributed by atoms with Crippen molar-refractivity contribution in [3.05, 3.63) is 16.1 Å². The Morgan fingerprint density at radius 3 is 2.62 bits per heavy atom. The predicted molar refractivity (Wildman–Crippen MR) is 124 cm³/mol. The van der Waals surface area contributed by atoms with Crippen LogP contribution in [-0.4, -0.2) is 60.5 Å². The Hall–Kier alpha value is -0.410. The van der Waals surface area contributed by atoms with Crippen molar-refractivity contribution in [3.8, 4) is 0 Å². The third-order valence-electron chi connectivity index (χ3n) is 4.93. The lowest BCUT2D eigenvalue weighted by molar-refractivity contribution is 0.255. The maximum absolute atomic E-state index is 4.77. The fourth-order valence-electron chi connectivity index (χ4n) is 3.24. The predicted octanol–water partition coefficient (Wildman–Crippen LogP) is 3.80. The van der Waals surface area contributed by atoms with Crippen molar-refractivity contribution in [1.82, 2.24) is 20.1 Å². The van der Waals surface area contributed by atoms with Gasteiger partial charge in [-0.2, -0.15) is 0 Å². The summed E-state index contributed by atoms with van der Waals surface area (Å²) in [6.45, 7) is 17.5. The molecule has 1 aliphatic rings. The van der Waals surface area contributed by atoms with Crippen LogP contribution in [0.15, 0.2) is 10.4 Å². The zero-order valence-electron chi connectivity index (χ0n) is 17.2. The molecular weight excluding hydrogens is 457 g/mol. The van der Waals surface area contributed by atoms with Crippen molar-refractivity contribution in [1.29, 1.82) is 0 Å². The third kappa shape index (κ3) is 6.64. The second kappa shape index (κ2) is 10.8. The molecule has 1 atom stereocenters. The number of nitrogens with zero attached hydrogens (tertiary/aromatic N) is 4.